The highest BCUT2D eigenvalue weighted by Crippen LogP contribution is 2.29. The molecule has 1 aromatic carbocycles. The van der Waals surface area contributed by atoms with Crippen molar-refractivity contribution in [1.82, 2.24) is 20.0 Å². The number of carbonyl (C=O) groups is 1. The summed E-state index contributed by atoms with van der Waals surface area (Å²) >= 11 is 0. The van der Waals surface area contributed by atoms with Crippen LogP contribution in [0.3, 0.4) is 0 Å². The van der Waals surface area contributed by atoms with Crippen LogP contribution in [0.25, 0.3) is 10.9 Å². The Labute approximate surface area is 167 Å². The molecule has 2 fully saturated rings. The van der Waals surface area contributed by atoms with Crippen molar-refractivity contribution in [3.05, 3.63) is 30.0 Å². The van der Waals surface area contributed by atoms with E-state index in [1.165, 1.54) is 12.8 Å². The van der Waals surface area contributed by atoms with E-state index in [2.05, 4.69) is 36.1 Å². The van der Waals surface area contributed by atoms with Crippen LogP contribution in [-0.4, -0.2) is 58.5 Å². The van der Waals surface area contributed by atoms with Crippen LogP contribution in [0.1, 0.15) is 63.0 Å². The summed E-state index contributed by atoms with van der Waals surface area (Å²) in [5.41, 5.74) is 1.56. The van der Waals surface area contributed by atoms with Gasteiger partial charge in [0.25, 0.3) is 5.91 Å². The summed E-state index contributed by atoms with van der Waals surface area (Å²) in [6, 6.07) is 9.22. The van der Waals surface area contributed by atoms with Gasteiger partial charge in [0, 0.05) is 29.6 Å². The summed E-state index contributed by atoms with van der Waals surface area (Å²) in [5.74, 6) is -0.0541. The molecular formula is C22H32N4O2. The Bertz CT molecular complexity index is 817. The van der Waals surface area contributed by atoms with E-state index in [1.807, 2.05) is 28.9 Å². The second-order valence-corrected chi connectivity index (χ2v) is 8.48. The minimum absolute atomic E-state index is 0.0541. The zero-order chi connectivity index (χ0) is 19.7. The van der Waals surface area contributed by atoms with Crippen molar-refractivity contribution in [3.63, 3.8) is 0 Å². The quantitative estimate of drug-likeness (QED) is 0.829. The highest BCUT2D eigenvalue weighted by Gasteiger charge is 2.39. The third-order valence-electron chi connectivity index (χ3n) is 6.09. The van der Waals surface area contributed by atoms with Gasteiger partial charge in [-0.25, -0.2) is 0 Å². The molecule has 2 saturated heterocycles. The fourth-order valence-corrected chi connectivity index (χ4v) is 4.72. The normalized spacial score (nSPS) is 25.4. The molecule has 2 aliphatic heterocycles. The Hall–Kier alpha value is -1.92. The first-order chi connectivity index (χ1) is 13.6. The van der Waals surface area contributed by atoms with Crippen molar-refractivity contribution in [2.24, 2.45) is 0 Å². The fourth-order valence-electron chi connectivity index (χ4n) is 4.72. The molecule has 2 unspecified atom stereocenters. The van der Waals surface area contributed by atoms with Crippen LogP contribution >= 0.6 is 0 Å². The minimum Gasteiger partial charge on any atom is -0.378 e. The molecule has 6 heteroatoms. The first-order valence-corrected chi connectivity index (χ1v) is 10.7. The molecule has 0 aliphatic carbocycles. The van der Waals surface area contributed by atoms with E-state index < -0.39 is 0 Å². The molecule has 6 nitrogen and oxygen atoms in total. The lowest BCUT2D eigenvalue weighted by Crippen LogP contribution is -2.60. The Kier molecular flexibility index (Phi) is 5.69. The van der Waals surface area contributed by atoms with Gasteiger partial charge in [-0.05, 0) is 45.7 Å². The van der Waals surface area contributed by atoms with E-state index in [4.69, 9.17) is 4.74 Å². The second-order valence-electron chi connectivity index (χ2n) is 8.48. The molecule has 152 valence electrons. The molecule has 28 heavy (non-hydrogen) atoms. The summed E-state index contributed by atoms with van der Waals surface area (Å²) in [7, 11) is 0. The molecule has 3 heterocycles. The Morgan fingerprint density at radius 2 is 1.96 bits per heavy atom. The summed E-state index contributed by atoms with van der Waals surface area (Å²) in [6.45, 7) is 9.11. The monoisotopic (exact) mass is 384 g/mol. The first kappa shape index (κ1) is 19.4. The number of amides is 1. The van der Waals surface area contributed by atoms with Crippen molar-refractivity contribution in [2.45, 2.75) is 70.6 Å². The van der Waals surface area contributed by atoms with Gasteiger partial charge < -0.3 is 10.1 Å². The molecular weight excluding hydrogens is 352 g/mol. The van der Waals surface area contributed by atoms with E-state index >= 15 is 0 Å². The highest BCUT2D eigenvalue weighted by molar-refractivity contribution is 6.05. The van der Waals surface area contributed by atoms with E-state index in [0.29, 0.717) is 17.8 Å². The number of nitrogens with one attached hydrogen (secondary N) is 1. The van der Waals surface area contributed by atoms with Gasteiger partial charge in [-0.1, -0.05) is 31.5 Å². The second kappa shape index (κ2) is 8.21. The van der Waals surface area contributed by atoms with Crippen molar-refractivity contribution in [3.8, 4) is 0 Å². The van der Waals surface area contributed by atoms with Gasteiger partial charge in [0.1, 0.15) is 0 Å². The van der Waals surface area contributed by atoms with Gasteiger partial charge in [-0.3, -0.25) is 14.4 Å². The molecule has 2 atom stereocenters. The lowest BCUT2D eigenvalue weighted by Gasteiger charge is -2.48. The van der Waals surface area contributed by atoms with Crippen LogP contribution < -0.4 is 5.32 Å². The largest absolute Gasteiger partial charge is 0.378 e. The number of unbranched alkanes of at least 4 members (excludes halogenated alkanes) is 1. The Morgan fingerprint density at radius 1 is 1.25 bits per heavy atom. The Balaban J connectivity index is 1.50. The molecule has 0 radical (unpaired) electrons. The third kappa shape index (κ3) is 3.67. The van der Waals surface area contributed by atoms with Crippen LogP contribution in [-0.2, 0) is 4.74 Å². The van der Waals surface area contributed by atoms with Gasteiger partial charge in [-0.2, -0.15) is 5.10 Å². The van der Waals surface area contributed by atoms with Crippen molar-refractivity contribution in [1.29, 1.82) is 0 Å². The number of piperidine rings is 1. The number of fused-ring (bicyclic) bond motifs is 3. The molecule has 1 amide bonds. The number of carbonyl (C=O) groups excluding carboxylic acids is 1. The van der Waals surface area contributed by atoms with E-state index in [9.17, 15) is 4.79 Å². The number of rotatable bonds is 6. The number of para-hydroxylation sites is 1. The molecule has 2 bridgehead atoms. The molecule has 2 aromatic rings. The van der Waals surface area contributed by atoms with Gasteiger partial charge >= 0.3 is 0 Å². The van der Waals surface area contributed by atoms with Gasteiger partial charge in [0.15, 0.2) is 5.69 Å². The summed E-state index contributed by atoms with van der Waals surface area (Å²) in [4.78, 5) is 15.7. The standard InChI is InChI=1S/C22H32N4O2/c1-4-5-10-25-17-11-16(12-18(25)14-28-13-17)23-22(27)21-19-8-6-7-9-20(19)26(24-21)15(2)3/h6-9,15-18H,4-5,10-14H2,1-3H3,(H,23,27). The maximum absolute atomic E-state index is 13.1. The number of aromatic nitrogens is 2. The van der Waals surface area contributed by atoms with Crippen LogP contribution in [0.15, 0.2) is 24.3 Å². The summed E-state index contributed by atoms with van der Waals surface area (Å²) in [6.07, 6.45) is 4.34. The lowest BCUT2D eigenvalue weighted by molar-refractivity contribution is -0.0802. The first-order valence-electron chi connectivity index (χ1n) is 10.7. The zero-order valence-corrected chi connectivity index (χ0v) is 17.2. The average molecular weight is 385 g/mol. The van der Waals surface area contributed by atoms with Crippen LogP contribution in [0, 0.1) is 0 Å². The number of benzene rings is 1. The van der Waals surface area contributed by atoms with Gasteiger partial charge in [0.05, 0.1) is 18.7 Å². The topological polar surface area (TPSA) is 59.4 Å². The van der Waals surface area contributed by atoms with Gasteiger partial charge in [-0.15, -0.1) is 0 Å². The predicted octanol–water partition coefficient (Wildman–Crippen LogP) is 3.38. The number of morpholine rings is 1. The van der Waals surface area contributed by atoms with Crippen LogP contribution in [0.2, 0.25) is 0 Å². The Morgan fingerprint density at radius 3 is 2.64 bits per heavy atom. The summed E-state index contributed by atoms with van der Waals surface area (Å²) in [5, 5.41) is 8.87. The van der Waals surface area contributed by atoms with Crippen LogP contribution in [0.5, 0.6) is 0 Å². The van der Waals surface area contributed by atoms with Crippen molar-refractivity contribution >= 4 is 16.8 Å². The van der Waals surface area contributed by atoms with Crippen molar-refractivity contribution in [2.75, 3.05) is 19.8 Å². The number of ether oxygens (including phenoxy) is 1. The third-order valence-corrected chi connectivity index (χ3v) is 6.09. The number of nitrogens with zero attached hydrogens (tertiary/aromatic N) is 3. The number of hydrogen-bond donors (Lipinski definition) is 1. The molecule has 0 spiro atoms. The smallest absolute Gasteiger partial charge is 0.272 e. The van der Waals surface area contributed by atoms with Gasteiger partial charge in [0.2, 0.25) is 0 Å². The van der Waals surface area contributed by atoms with E-state index in [1.54, 1.807) is 0 Å². The fraction of sp³-hybridized carbons (Fsp3) is 0.636. The number of hydrogen-bond acceptors (Lipinski definition) is 4. The minimum atomic E-state index is -0.0541. The van der Waals surface area contributed by atoms with Crippen molar-refractivity contribution < 1.29 is 9.53 Å². The van der Waals surface area contributed by atoms with Crippen LogP contribution in [0.4, 0.5) is 0 Å². The molecule has 4 rings (SSSR count). The highest BCUT2D eigenvalue weighted by atomic mass is 16.5. The molecule has 2 aliphatic rings. The van der Waals surface area contributed by atoms with E-state index in [-0.39, 0.29) is 18.0 Å². The SMILES string of the molecule is CCCCN1C2COCC1CC(NC(=O)c1nn(C(C)C)c3ccccc13)C2. The predicted molar refractivity (Wildman–Crippen MR) is 111 cm³/mol. The maximum Gasteiger partial charge on any atom is 0.272 e. The zero-order valence-electron chi connectivity index (χ0n) is 17.2. The maximum atomic E-state index is 13.1. The summed E-state index contributed by atoms with van der Waals surface area (Å²) < 4.78 is 7.75. The lowest BCUT2D eigenvalue weighted by atomic mass is 9.89. The molecule has 1 aromatic heterocycles. The molecule has 1 N–H and O–H groups in total. The average Bonchev–Trinajstić information content (AvgIpc) is 3.06. The molecule has 0 saturated carbocycles. The van der Waals surface area contributed by atoms with E-state index in [0.717, 1.165) is 43.5 Å².